The summed E-state index contributed by atoms with van der Waals surface area (Å²) in [4.78, 5) is 0. The first-order chi connectivity index (χ1) is 2.00. The largest absolute Gasteiger partial charge is 0.342 e. The standard InChI is InChI=1S/C4H11Si.2Pt/c1-5(2,3)4;;/h1H2,2-4H3;;/q-1;;. The normalized spacial score (nSPS) is 8.57. The van der Waals surface area contributed by atoms with E-state index in [4.69, 9.17) is 0 Å². The molecule has 0 aliphatic rings. The fourth-order valence-corrected chi connectivity index (χ4v) is 0. The monoisotopic (exact) mass is 477 g/mol. The van der Waals surface area contributed by atoms with E-state index in [0.717, 1.165) is 0 Å². The maximum atomic E-state index is 3.91. The molecule has 0 aliphatic carbocycles. The van der Waals surface area contributed by atoms with Crippen LogP contribution in [0.4, 0.5) is 0 Å². The van der Waals surface area contributed by atoms with Crippen molar-refractivity contribution in [3.63, 3.8) is 0 Å². The molecule has 0 rings (SSSR count). The van der Waals surface area contributed by atoms with Gasteiger partial charge in [0.1, 0.15) is 0 Å². The van der Waals surface area contributed by atoms with E-state index >= 15 is 0 Å². The third-order valence-corrected chi connectivity index (χ3v) is 0. The predicted molar refractivity (Wildman–Crippen MR) is 28.7 cm³/mol. The topological polar surface area (TPSA) is 0 Å². The van der Waals surface area contributed by atoms with E-state index in [1.165, 1.54) is 0 Å². The number of hydrogen-bond donors (Lipinski definition) is 0. The summed E-state index contributed by atoms with van der Waals surface area (Å²) in [5.74, 6) is 0. The molecule has 0 spiro atoms. The summed E-state index contributed by atoms with van der Waals surface area (Å²) >= 11 is 0. The van der Waals surface area contributed by atoms with Crippen molar-refractivity contribution in [1.29, 1.82) is 0 Å². The van der Waals surface area contributed by atoms with Crippen molar-refractivity contribution in [3.8, 4) is 0 Å². The molecule has 0 saturated carbocycles. The first kappa shape index (κ1) is 15.8. The molecule has 0 fully saturated rings. The van der Waals surface area contributed by atoms with Gasteiger partial charge in [0.25, 0.3) is 0 Å². The minimum absolute atomic E-state index is 0. The van der Waals surface area contributed by atoms with Gasteiger partial charge >= 0.3 is 0 Å². The van der Waals surface area contributed by atoms with Gasteiger partial charge in [-0.05, 0) is 0 Å². The van der Waals surface area contributed by atoms with E-state index in [1.807, 2.05) is 0 Å². The quantitative estimate of drug-likeness (QED) is 0.368. The molecule has 0 bridgehead atoms. The van der Waals surface area contributed by atoms with Crippen LogP contribution in [-0.4, -0.2) is 8.07 Å². The molecule has 0 aliphatic heterocycles. The second-order valence-corrected chi connectivity index (χ2v) is 7.68. The van der Waals surface area contributed by atoms with Crippen molar-refractivity contribution in [2.75, 3.05) is 0 Å². The van der Waals surface area contributed by atoms with E-state index in [-0.39, 0.29) is 42.1 Å². The van der Waals surface area contributed by atoms with Crippen molar-refractivity contribution in [3.05, 3.63) is 6.55 Å². The second kappa shape index (κ2) is 5.73. The third-order valence-electron chi connectivity index (χ3n) is 0. The molecular weight excluding hydrogens is 466 g/mol. The van der Waals surface area contributed by atoms with Gasteiger partial charge in [0.2, 0.25) is 0 Å². The third kappa shape index (κ3) is 93.6. The van der Waals surface area contributed by atoms with Gasteiger partial charge in [-0.3, -0.25) is 0 Å². The van der Waals surface area contributed by atoms with Crippen LogP contribution in [0, 0.1) is 6.55 Å². The Labute approximate surface area is 76.0 Å². The van der Waals surface area contributed by atoms with E-state index in [9.17, 15) is 0 Å². The second-order valence-electron chi connectivity index (χ2n) is 2.56. The molecule has 0 aromatic rings. The van der Waals surface area contributed by atoms with E-state index in [1.54, 1.807) is 0 Å². The fourth-order valence-electron chi connectivity index (χ4n) is 0. The van der Waals surface area contributed by atoms with Crippen molar-refractivity contribution in [2.45, 2.75) is 19.6 Å². The molecule has 3 heteroatoms. The summed E-state index contributed by atoms with van der Waals surface area (Å²) in [6.07, 6.45) is 0. The van der Waals surface area contributed by atoms with Crippen LogP contribution in [-0.2, 0) is 42.1 Å². The maximum Gasteiger partial charge on any atom is 0 e. The minimum Gasteiger partial charge on any atom is -0.342 e. The first-order valence-corrected chi connectivity index (χ1v) is 5.56. The Kier molecular flexibility index (Phi) is 13.0. The number of hydrogen-bond acceptors (Lipinski definition) is 0. The summed E-state index contributed by atoms with van der Waals surface area (Å²) in [6.45, 7) is 10.6. The van der Waals surface area contributed by atoms with Crippen LogP contribution in [0.2, 0.25) is 19.6 Å². The molecule has 0 saturated heterocycles. The predicted octanol–water partition coefficient (Wildman–Crippen LogP) is 1.69. The van der Waals surface area contributed by atoms with Crippen LogP contribution >= 0.6 is 0 Å². The molecule has 7 heavy (non-hydrogen) atoms. The van der Waals surface area contributed by atoms with E-state index in [2.05, 4.69) is 26.2 Å². The van der Waals surface area contributed by atoms with Crippen LogP contribution in [0.5, 0.6) is 0 Å². The summed E-state index contributed by atoms with van der Waals surface area (Å²) in [5, 5.41) is 0. The maximum absolute atomic E-state index is 3.91. The average molecular weight is 477 g/mol. The molecule has 0 amide bonds. The van der Waals surface area contributed by atoms with Gasteiger partial charge in [-0.25, -0.2) is 0 Å². The van der Waals surface area contributed by atoms with Crippen LogP contribution < -0.4 is 0 Å². The zero-order chi connectivity index (χ0) is 4.50. The van der Waals surface area contributed by atoms with Crippen LogP contribution in [0.25, 0.3) is 0 Å². The average Bonchev–Trinajstić information content (AvgIpc) is 0.722. The summed E-state index contributed by atoms with van der Waals surface area (Å²) in [6, 6.07) is 0. The van der Waals surface area contributed by atoms with Crippen LogP contribution in [0.3, 0.4) is 0 Å². The van der Waals surface area contributed by atoms with Gasteiger partial charge in [-0.15, -0.1) is 8.07 Å². The SMILES string of the molecule is [CH2-][Si](C)(C)C.[Pt].[Pt]. The molecule has 0 heterocycles. The van der Waals surface area contributed by atoms with Crippen LogP contribution in [0.1, 0.15) is 0 Å². The van der Waals surface area contributed by atoms with Crippen molar-refractivity contribution in [2.24, 2.45) is 0 Å². The van der Waals surface area contributed by atoms with Crippen LogP contribution in [0.15, 0.2) is 0 Å². The first-order valence-electron chi connectivity index (χ1n) is 1.85. The van der Waals surface area contributed by atoms with Gasteiger partial charge in [0, 0.05) is 42.1 Å². The Morgan fingerprint density at radius 2 is 1.00 bits per heavy atom. The van der Waals surface area contributed by atoms with Crippen molar-refractivity contribution >= 4 is 8.07 Å². The molecule has 0 N–H and O–H groups in total. The fraction of sp³-hybridized carbons (Fsp3) is 0.750. The zero-order valence-corrected chi connectivity index (χ0v) is 10.4. The molecule has 0 unspecified atom stereocenters. The van der Waals surface area contributed by atoms with E-state index in [0.29, 0.717) is 0 Å². The Morgan fingerprint density at radius 3 is 1.00 bits per heavy atom. The van der Waals surface area contributed by atoms with Gasteiger partial charge in [-0.2, -0.15) is 0 Å². The van der Waals surface area contributed by atoms with Gasteiger partial charge in [0.15, 0.2) is 0 Å². The minimum atomic E-state index is -0.861. The molecule has 0 nitrogen and oxygen atoms in total. The molecule has 0 radical (unpaired) electrons. The molecule has 52 valence electrons. The Hall–Kier alpha value is 1.59. The smallest absolute Gasteiger partial charge is 0 e. The summed E-state index contributed by atoms with van der Waals surface area (Å²) in [5.41, 5.74) is 0. The van der Waals surface area contributed by atoms with Crippen molar-refractivity contribution < 1.29 is 42.1 Å². The molecule has 0 aromatic carbocycles. The van der Waals surface area contributed by atoms with Gasteiger partial charge < -0.3 is 6.55 Å². The summed E-state index contributed by atoms with van der Waals surface area (Å²) < 4.78 is 0. The Morgan fingerprint density at radius 1 is 1.00 bits per heavy atom. The molecular formula is C4H11Pt2Si-. The van der Waals surface area contributed by atoms with Crippen molar-refractivity contribution in [1.82, 2.24) is 0 Å². The van der Waals surface area contributed by atoms with Gasteiger partial charge in [0.05, 0.1) is 0 Å². The van der Waals surface area contributed by atoms with E-state index < -0.39 is 8.07 Å². The van der Waals surface area contributed by atoms with Gasteiger partial charge in [-0.1, -0.05) is 19.6 Å². The number of rotatable bonds is 0. The zero-order valence-electron chi connectivity index (χ0n) is 4.84. The molecule has 0 aromatic heterocycles. The Bertz CT molecular complexity index is 25.2. The summed E-state index contributed by atoms with van der Waals surface area (Å²) in [7, 11) is -0.861. The molecule has 0 atom stereocenters. The Balaban J connectivity index is -0.0000000800.